The highest BCUT2D eigenvalue weighted by molar-refractivity contribution is 9.11. The highest BCUT2D eigenvalue weighted by atomic mass is 79.9. The van der Waals surface area contributed by atoms with Crippen LogP contribution in [0.25, 0.3) is 0 Å². The maximum atomic E-state index is 6.45. The Morgan fingerprint density at radius 1 is 1.44 bits per heavy atom. The van der Waals surface area contributed by atoms with Gasteiger partial charge < -0.3 is 5.73 Å². The summed E-state index contributed by atoms with van der Waals surface area (Å²) in [6.45, 7) is 4.75. The first-order chi connectivity index (χ1) is 7.50. The molecule has 0 amide bonds. The van der Waals surface area contributed by atoms with Crippen LogP contribution < -0.4 is 5.73 Å². The normalized spacial score (nSPS) is 26.6. The molecule has 1 saturated carbocycles. The van der Waals surface area contributed by atoms with Gasteiger partial charge in [-0.3, -0.25) is 0 Å². The van der Waals surface area contributed by atoms with Crippen molar-refractivity contribution in [1.29, 1.82) is 0 Å². The number of hydrogen-bond donors (Lipinski definition) is 1. The summed E-state index contributed by atoms with van der Waals surface area (Å²) in [6.07, 6.45) is 5.31. The number of nitrogens with two attached hydrogens (primary N) is 1. The summed E-state index contributed by atoms with van der Waals surface area (Å²) >= 11 is 5.30. The summed E-state index contributed by atoms with van der Waals surface area (Å²) in [4.78, 5) is 1.33. The lowest BCUT2D eigenvalue weighted by atomic mass is 9.66. The molecule has 1 aromatic rings. The van der Waals surface area contributed by atoms with Crippen LogP contribution in [-0.4, -0.2) is 0 Å². The van der Waals surface area contributed by atoms with Crippen molar-refractivity contribution in [3.63, 3.8) is 0 Å². The van der Waals surface area contributed by atoms with Crippen molar-refractivity contribution >= 4 is 27.3 Å². The zero-order valence-corrected chi connectivity index (χ0v) is 12.4. The van der Waals surface area contributed by atoms with E-state index in [1.54, 1.807) is 11.3 Å². The molecule has 2 unspecified atom stereocenters. The molecular formula is C13H20BrNS. The van der Waals surface area contributed by atoms with E-state index in [-0.39, 0.29) is 6.04 Å². The summed E-state index contributed by atoms with van der Waals surface area (Å²) in [5.41, 5.74) is 6.85. The zero-order chi connectivity index (χ0) is 11.8. The largest absolute Gasteiger partial charge is 0.323 e. The highest BCUT2D eigenvalue weighted by Crippen LogP contribution is 2.47. The van der Waals surface area contributed by atoms with Gasteiger partial charge in [0.15, 0.2) is 0 Å². The third-order valence-corrected chi connectivity index (χ3v) is 5.67. The minimum absolute atomic E-state index is 0.214. The van der Waals surface area contributed by atoms with Gasteiger partial charge in [0.05, 0.1) is 3.79 Å². The van der Waals surface area contributed by atoms with Crippen LogP contribution in [0.1, 0.15) is 50.4 Å². The van der Waals surface area contributed by atoms with Crippen LogP contribution in [0.2, 0.25) is 0 Å². The van der Waals surface area contributed by atoms with E-state index in [2.05, 4.69) is 41.9 Å². The molecular weight excluding hydrogens is 282 g/mol. The number of hydrogen-bond acceptors (Lipinski definition) is 2. The summed E-state index contributed by atoms with van der Waals surface area (Å²) in [6, 6.07) is 4.49. The van der Waals surface area contributed by atoms with Gasteiger partial charge in [0, 0.05) is 10.9 Å². The van der Waals surface area contributed by atoms with E-state index in [1.807, 2.05) is 0 Å². The second-order valence-corrected chi connectivity index (χ2v) is 8.00. The molecule has 1 aromatic heterocycles. The van der Waals surface area contributed by atoms with Crippen LogP contribution in [0.15, 0.2) is 15.9 Å². The first kappa shape index (κ1) is 12.6. The Morgan fingerprint density at radius 2 is 2.19 bits per heavy atom. The molecule has 0 aromatic carbocycles. The summed E-state index contributed by atoms with van der Waals surface area (Å²) in [5.74, 6) is 0.631. The Balaban J connectivity index is 2.17. The maximum Gasteiger partial charge on any atom is 0.0701 e. The van der Waals surface area contributed by atoms with Crippen molar-refractivity contribution in [3.8, 4) is 0 Å². The lowest BCUT2D eigenvalue weighted by Gasteiger charge is -2.41. The van der Waals surface area contributed by atoms with Crippen LogP contribution in [-0.2, 0) is 0 Å². The Morgan fingerprint density at radius 3 is 2.75 bits per heavy atom. The second kappa shape index (κ2) is 4.79. The average molecular weight is 302 g/mol. The van der Waals surface area contributed by atoms with E-state index in [4.69, 9.17) is 5.73 Å². The SMILES string of the molecule is CC1(C)CCCCC1C(N)c1ccc(Br)s1. The minimum atomic E-state index is 0.214. The van der Waals surface area contributed by atoms with E-state index >= 15 is 0 Å². The van der Waals surface area contributed by atoms with Gasteiger partial charge in [0.1, 0.15) is 0 Å². The number of thiophene rings is 1. The van der Waals surface area contributed by atoms with Gasteiger partial charge in [-0.15, -0.1) is 11.3 Å². The van der Waals surface area contributed by atoms with Crippen LogP contribution >= 0.6 is 27.3 Å². The zero-order valence-electron chi connectivity index (χ0n) is 10.0. The summed E-state index contributed by atoms with van der Waals surface area (Å²) in [5, 5.41) is 0. The average Bonchev–Trinajstić information content (AvgIpc) is 2.63. The standard InChI is InChI=1S/C13H20BrNS/c1-13(2)8-4-3-5-9(13)12(15)10-6-7-11(14)16-10/h6-7,9,12H,3-5,8,15H2,1-2H3. The quantitative estimate of drug-likeness (QED) is 0.840. The lowest BCUT2D eigenvalue weighted by Crippen LogP contribution is -2.35. The molecule has 0 aliphatic heterocycles. The van der Waals surface area contributed by atoms with E-state index < -0.39 is 0 Å². The predicted octanol–water partition coefficient (Wildman–Crippen LogP) is 4.73. The fraction of sp³-hybridized carbons (Fsp3) is 0.692. The molecule has 0 spiro atoms. The van der Waals surface area contributed by atoms with Crippen LogP contribution in [0, 0.1) is 11.3 Å². The fourth-order valence-corrected chi connectivity index (χ4v) is 4.38. The van der Waals surface area contributed by atoms with Gasteiger partial charge in [0.2, 0.25) is 0 Å². The Bertz CT molecular complexity index is 359. The second-order valence-electron chi connectivity index (χ2n) is 5.51. The monoisotopic (exact) mass is 301 g/mol. The molecule has 0 saturated heterocycles. The first-order valence-corrected chi connectivity index (χ1v) is 7.62. The highest BCUT2D eigenvalue weighted by Gasteiger charge is 2.36. The summed E-state index contributed by atoms with van der Waals surface area (Å²) < 4.78 is 1.19. The molecule has 90 valence electrons. The first-order valence-electron chi connectivity index (χ1n) is 6.01. The molecule has 0 radical (unpaired) electrons. The van der Waals surface area contributed by atoms with Gasteiger partial charge in [-0.05, 0) is 52.2 Å². The molecule has 1 heterocycles. The topological polar surface area (TPSA) is 26.0 Å². The van der Waals surface area contributed by atoms with Gasteiger partial charge in [0.25, 0.3) is 0 Å². The molecule has 2 atom stereocenters. The van der Waals surface area contributed by atoms with E-state index in [0.29, 0.717) is 11.3 Å². The van der Waals surface area contributed by atoms with Gasteiger partial charge in [-0.1, -0.05) is 26.7 Å². The van der Waals surface area contributed by atoms with Crippen molar-refractivity contribution < 1.29 is 0 Å². The van der Waals surface area contributed by atoms with Crippen molar-refractivity contribution in [2.45, 2.75) is 45.6 Å². The van der Waals surface area contributed by atoms with Crippen LogP contribution in [0.5, 0.6) is 0 Å². The van der Waals surface area contributed by atoms with Gasteiger partial charge in [-0.2, -0.15) is 0 Å². The van der Waals surface area contributed by atoms with E-state index in [1.165, 1.54) is 34.3 Å². The molecule has 16 heavy (non-hydrogen) atoms. The van der Waals surface area contributed by atoms with Crippen LogP contribution in [0.4, 0.5) is 0 Å². The van der Waals surface area contributed by atoms with Gasteiger partial charge in [-0.25, -0.2) is 0 Å². The van der Waals surface area contributed by atoms with Crippen molar-refractivity contribution in [3.05, 3.63) is 20.8 Å². The molecule has 1 nitrogen and oxygen atoms in total. The lowest BCUT2D eigenvalue weighted by molar-refractivity contribution is 0.114. The Kier molecular flexibility index (Phi) is 3.77. The molecule has 1 aliphatic rings. The number of rotatable bonds is 2. The Hall–Kier alpha value is 0.140. The van der Waals surface area contributed by atoms with Crippen molar-refractivity contribution in [1.82, 2.24) is 0 Å². The Labute approximate surface area is 111 Å². The van der Waals surface area contributed by atoms with Crippen molar-refractivity contribution in [2.75, 3.05) is 0 Å². The molecule has 3 heteroatoms. The maximum absolute atomic E-state index is 6.45. The van der Waals surface area contributed by atoms with E-state index in [9.17, 15) is 0 Å². The molecule has 0 bridgehead atoms. The van der Waals surface area contributed by atoms with Crippen LogP contribution in [0.3, 0.4) is 0 Å². The predicted molar refractivity (Wildman–Crippen MR) is 74.7 cm³/mol. The third-order valence-electron chi connectivity index (χ3n) is 3.95. The minimum Gasteiger partial charge on any atom is -0.323 e. The smallest absolute Gasteiger partial charge is 0.0701 e. The molecule has 1 aliphatic carbocycles. The fourth-order valence-electron chi connectivity index (χ4n) is 2.89. The summed E-state index contributed by atoms with van der Waals surface area (Å²) in [7, 11) is 0. The third kappa shape index (κ3) is 2.52. The van der Waals surface area contributed by atoms with E-state index in [0.717, 1.165) is 0 Å². The molecule has 2 N–H and O–H groups in total. The van der Waals surface area contributed by atoms with Gasteiger partial charge >= 0.3 is 0 Å². The molecule has 1 fully saturated rings. The van der Waals surface area contributed by atoms with Crippen molar-refractivity contribution in [2.24, 2.45) is 17.1 Å². The molecule has 2 rings (SSSR count). The number of halogens is 1.